The van der Waals surface area contributed by atoms with Crippen molar-refractivity contribution in [3.05, 3.63) is 18.0 Å². The number of hydrogen-bond donors (Lipinski definition) is 2. The van der Waals surface area contributed by atoms with E-state index in [2.05, 4.69) is 20.2 Å². The van der Waals surface area contributed by atoms with Crippen LogP contribution in [0.25, 0.3) is 0 Å². The molecule has 0 radical (unpaired) electrons. The second-order valence-corrected chi connectivity index (χ2v) is 3.31. The van der Waals surface area contributed by atoms with Crippen LogP contribution in [-0.4, -0.2) is 42.1 Å². The van der Waals surface area contributed by atoms with Crippen molar-refractivity contribution in [2.45, 2.75) is 6.54 Å². The molecule has 0 unspecified atom stereocenters. The molecule has 1 rings (SSSR count). The van der Waals surface area contributed by atoms with Gasteiger partial charge in [-0.2, -0.15) is 0 Å². The first-order valence-corrected chi connectivity index (χ1v) is 4.63. The van der Waals surface area contributed by atoms with Gasteiger partial charge in [-0.25, -0.2) is 9.97 Å². The van der Waals surface area contributed by atoms with Crippen LogP contribution in [0.5, 0.6) is 0 Å². The van der Waals surface area contributed by atoms with E-state index >= 15 is 0 Å². The van der Waals surface area contributed by atoms with Gasteiger partial charge in [0, 0.05) is 25.8 Å². The first kappa shape index (κ1) is 10.9. The van der Waals surface area contributed by atoms with Gasteiger partial charge in [0.25, 0.3) is 0 Å². The van der Waals surface area contributed by atoms with Crippen molar-refractivity contribution in [2.24, 2.45) is 5.73 Å². The Morgan fingerprint density at radius 2 is 2.29 bits per heavy atom. The number of likely N-dealkylation sites (N-methyl/N-ethyl adjacent to an activating group) is 1. The van der Waals surface area contributed by atoms with Gasteiger partial charge in [-0.1, -0.05) is 0 Å². The molecule has 14 heavy (non-hydrogen) atoms. The Bertz CT molecular complexity index is 274. The van der Waals surface area contributed by atoms with Crippen molar-refractivity contribution >= 4 is 5.95 Å². The zero-order valence-electron chi connectivity index (χ0n) is 8.70. The number of nitrogens with one attached hydrogen (secondary N) is 1. The van der Waals surface area contributed by atoms with Gasteiger partial charge in [0.2, 0.25) is 5.95 Å². The quantitative estimate of drug-likeness (QED) is 0.687. The molecule has 1 aromatic heterocycles. The second-order valence-electron chi connectivity index (χ2n) is 3.31. The summed E-state index contributed by atoms with van der Waals surface area (Å²) in [6.45, 7) is 2.24. The average Bonchev–Trinajstić information content (AvgIpc) is 2.18. The molecular formula is C9H17N5. The van der Waals surface area contributed by atoms with E-state index in [9.17, 15) is 0 Å². The minimum absolute atomic E-state index is 0.449. The lowest BCUT2D eigenvalue weighted by Gasteiger charge is -2.10. The highest BCUT2D eigenvalue weighted by Crippen LogP contribution is 1.98. The minimum atomic E-state index is 0.449. The maximum Gasteiger partial charge on any atom is 0.222 e. The molecule has 0 aliphatic rings. The van der Waals surface area contributed by atoms with Crippen LogP contribution in [0.1, 0.15) is 5.69 Å². The van der Waals surface area contributed by atoms with E-state index < -0.39 is 0 Å². The third-order valence-electron chi connectivity index (χ3n) is 1.76. The smallest absolute Gasteiger partial charge is 0.222 e. The fourth-order valence-corrected chi connectivity index (χ4v) is 0.986. The average molecular weight is 195 g/mol. The summed E-state index contributed by atoms with van der Waals surface area (Å²) in [5.74, 6) is 0.648. The molecule has 0 aliphatic carbocycles. The summed E-state index contributed by atoms with van der Waals surface area (Å²) < 4.78 is 0. The van der Waals surface area contributed by atoms with E-state index in [-0.39, 0.29) is 0 Å². The molecule has 0 atom stereocenters. The minimum Gasteiger partial charge on any atom is -0.353 e. The van der Waals surface area contributed by atoms with Crippen molar-refractivity contribution in [1.82, 2.24) is 14.9 Å². The molecule has 78 valence electrons. The number of hydrogen-bond acceptors (Lipinski definition) is 5. The standard InChI is InChI=1S/C9H17N5/c1-14(2)6-5-12-9-11-4-3-8(7-10)13-9/h3-4H,5-7,10H2,1-2H3,(H,11,12,13). The van der Waals surface area contributed by atoms with Gasteiger partial charge in [-0.15, -0.1) is 0 Å². The molecule has 0 aromatic carbocycles. The van der Waals surface area contributed by atoms with Crippen LogP contribution in [0, 0.1) is 0 Å². The number of rotatable bonds is 5. The van der Waals surface area contributed by atoms with Gasteiger partial charge in [0.1, 0.15) is 0 Å². The molecule has 0 saturated heterocycles. The highest BCUT2D eigenvalue weighted by atomic mass is 15.1. The first-order chi connectivity index (χ1) is 6.72. The fraction of sp³-hybridized carbons (Fsp3) is 0.556. The molecule has 3 N–H and O–H groups in total. The highest BCUT2D eigenvalue weighted by molar-refractivity contribution is 5.24. The Kier molecular flexibility index (Phi) is 4.28. The second kappa shape index (κ2) is 5.51. The molecule has 1 aromatic rings. The van der Waals surface area contributed by atoms with Crippen molar-refractivity contribution in [3.63, 3.8) is 0 Å². The fourth-order valence-electron chi connectivity index (χ4n) is 0.986. The molecular weight excluding hydrogens is 178 g/mol. The molecule has 0 saturated carbocycles. The Labute approximate surface area is 84.3 Å². The molecule has 5 nitrogen and oxygen atoms in total. The maximum absolute atomic E-state index is 5.47. The van der Waals surface area contributed by atoms with Gasteiger partial charge in [0.15, 0.2) is 0 Å². The van der Waals surface area contributed by atoms with E-state index in [0.717, 1.165) is 18.8 Å². The van der Waals surface area contributed by atoms with Crippen molar-refractivity contribution in [1.29, 1.82) is 0 Å². The zero-order valence-corrected chi connectivity index (χ0v) is 8.70. The van der Waals surface area contributed by atoms with Gasteiger partial charge >= 0.3 is 0 Å². The van der Waals surface area contributed by atoms with Crippen LogP contribution in [0.3, 0.4) is 0 Å². The van der Waals surface area contributed by atoms with Crippen molar-refractivity contribution in [2.75, 3.05) is 32.5 Å². The van der Waals surface area contributed by atoms with Gasteiger partial charge < -0.3 is 16.0 Å². The summed E-state index contributed by atoms with van der Waals surface area (Å²) in [7, 11) is 4.05. The maximum atomic E-state index is 5.47. The van der Waals surface area contributed by atoms with E-state index in [1.807, 2.05) is 20.2 Å². The molecule has 1 heterocycles. The Morgan fingerprint density at radius 1 is 1.50 bits per heavy atom. The third-order valence-corrected chi connectivity index (χ3v) is 1.76. The van der Waals surface area contributed by atoms with Gasteiger partial charge in [0.05, 0.1) is 5.69 Å². The number of anilines is 1. The Hall–Kier alpha value is -1.20. The third kappa shape index (κ3) is 3.68. The van der Waals surface area contributed by atoms with Crippen LogP contribution in [0.2, 0.25) is 0 Å². The SMILES string of the molecule is CN(C)CCNc1nccc(CN)n1. The molecule has 0 bridgehead atoms. The zero-order chi connectivity index (χ0) is 10.4. The van der Waals surface area contributed by atoms with E-state index in [1.165, 1.54) is 0 Å². The van der Waals surface area contributed by atoms with Gasteiger partial charge in [-0.05, 0) is 20.2 Å². The molecule has 0 aliphatic heterocycles. The van der Waals surface area contributed by atoms with Crippen LogP contribution in [0.4, 0.5) is 5.95 Å². The molecule has 0 fully saturated rings. The highest BCUT2D eigenvalue weighted by Gasteiger charge is 1.96. The van der Waals surface area contributed by atoms with E-state index in [1.54, 1.807) is 6.20 Å². The summed E-state index contributed by atoms with van der Waals surface area (Å²) in [5, 5.41) is 3.13. The lowest BCUT2D eigenvalue weighted by atomic mass is 10.4. The Balaban J connectivity index is 2.42. The lowest BCUT2D eigenvalue weighted by Crippen LogP contribution is -2.21. The number of nitrogens with zero attached hydrogens (tertiary/aromatic N) is 3. The summed E-state index contributed by atoms with van der Waals surface area (Å²) in [6, 6.07) is 1.82. The van der Waals surface area contributed by atoms with Crippen LogP contribution < -0.4 is 11.1 Å². The number of aromatic nitrogens is 2. The largest absolute Gasteiger partial charge is 0.353 e. The molecule has 5 heteroatoms. The summed E-state index contributed by atoms with van der Waals surface area (Å²) in [4.78, 5) is 10.4. The number of nitrogens with two attached hydrogens (primary N) is 1. The first-order valence-electron chi connectivity index (χ1n) is 4.63. The molecule has 0 spiro atoms. The molecule has 0 amide bonds. The predicted octanol–water partition coefficient (Wildman–Crippen LogP) is -0.0912. The summed E-state index contributed by atoms with van der Waals surface area (Å²) >= 11 is 0. The Morgan fingerprint density at radius 3 is 2.93 bits per heavy atom. The van der Waals surface area contributed by atoms with E-state index in [4.69, 9.17) is 5.73 Å². The van der Waals surface area contributed by atoms with E-state index in [0.29, 0.717) is 12.5 Å². The van der Waals surface area contributed by atoms with Gasteiger partial charge in [-0.3, -0.25) is 0 Å². The summed E-state index contributed by atoms with van der Waals surface area (Å²) in [5.41, 5.74) is 6.32. The monoisotopic (exact) mass is 195 g/mol. The van der Waals surface area contributed by atoms with Crippen LogP contribution >= 0.6 is 0 Å². The summed E-state index contributed by atoms with van der Waals surface area (Å²) in [6.07, 6.45) is 1.72. The van der Waals surface area contributed by atoms with Crippen molar-refractivity contribution in [3.8, 4) is 0 Å². The van der Waals surface area contributed by atoms with Crippen LogP contribution in [-0.2, 0) is 6.54 Å². The predicted molar refractivity (Wildman–Crippen MR) is 57.0 cm³/mol. The van der Waals surface area contributed by atoms with Crippen LogP contribution in [0.15, 0.2) is 12.3 Å². The lowest BCUT2D eigenvalue weighted by molar-refractivity contribution is 0.425. The topological polar surface area (TPSA) is 67.1 Å². The van der Waals surface area contributed by atoms with Crippen molar-refractivity contribution < 1.29 is 0 Å². The normalized spacial score (nSPS) is 10.6.